The summed E-state index contributed by atoms with van der Waals surface area (Å²) in [5.74, 6) is 0.374. The summed E-state index contributed by atoms with van der Waals surface area (Å²) in [6.45, 7) is 5.99. The van der Waals surface area contributed by atoms with Crippen molar-refractivity contribution >= 4 is 11.6 Å². The SMILES string of the molecule is CCC(C)Cc1ncccc1NC(=O)C(C)N. The van der Waals surface area contributed by atoms with Gasteiger partial charge in [-0.1, -0.05) is 20.3 Å². The smallest absolute Gasteiger partial charge is 0.241 e. The van der Waals surface area contributed by atoms with Crippen molar-refractivity contribution in [3.8, 4) is 0 Å². The van der Waals surface area contributed by atoms with Crippen molar-refractivity contribution in [2.45, 2.75) is 39.7 Å². The van der Waals surface area contributed by atoms with Gasteiger partial charge in [0.15, 0.2) is 0 Å². The van der Waals surface area contributed by atoms with Crippen LogP contribution in [0.1, 0.15) is 32.9 Å². The average Bonchev–Trinajstić information content (AvgIpc) is 2.31. The van der Waals surface area contributed by atoms with Crippen molar-refractivity contribution in [3.05, 3.63) is 24.0 Å². The largest absolute Gasteiger partial charge is 0.323 e. The van der Waals surface area contributed by atoms with Gasteiger partial charge in [0, 0.05) is 6.20 Å². The van der Waals surface area contributed by atoms with E-state index >= 15 is 0 Å². The van der Waals surface area contributed by atoms with Gasteiger partial charge < -0.3 is 11.1 Å². The fourth-order valence-electron chi connectivity index (χ4n) is 1.44. The quantitative estimate of drug-likeness (QED) is 0.819. The van der Waals surface area contributed by atoms with Gasteiger partial charge in [-0.25, -0.2) is 0 Å². The number of aromatic nitrogens is 1. The Labute approximate surface area is 103 Å². The molecule has 0 spiro atoms. The molecule has 0 radical (unpaired) electrons. The van der Waals surface area contributed by atoms with E-state index in [4.69, 9.17) is 5.73 Å². The fraction of sp³-hybridized carbons (Fsp3) is 0.538. The molecule has 4 heteroatoms. The highest BCUT2D eigenvalue weighted by Crippen LogP contribution is 2.18. The molecule has 0 aromatic carbocycles. The van der Waals surface area contributed by atoms with E-state index in [0.717, 1.165) is 24.2 Å². The maximum atomic E-state index is 11.6. The van der Waals surface area contributed by atoms with Gasteiger partial charge in [0.2, 0.25) is 5.91 Å². The molecule has 0 aliphatic carbocycles. The summed E-state index contributed by atoms with van der Waals surface area (Å²) >= 11 is 0. The van der Waals surface area contributed by atoms with Crippen molar-refractivity contribution in [3.63, 3.8) is 0 Å². The monoisotopic (exact) mass is 235 g/mol. The summed E-state index contributed by atoms with van der Waals surface area (Å²) in [5, 5.41) is 2.81. The van der Waals surface area contributed by atoms with Gasteiger partial charge in [0.1, 0.15) is 0 Å². The van der Waals surface area contributed by atoms with E-state index in [2.05, 4.69) is 24.1 Å². The lowest BCUT2D eigenvalue weighted by molar-refractivity contribution is -0.117. The van der Waals surface area contributed by atoms with Crippen LogP contribution in [-0.4, -0.2) is 16.9 Å². The molecule has 0 aliphatic heterocycles. The number of nitrogens with one attached hydrogen (secondary N) is 1. The number of pyridine rings is 1. The summed E-state index contributed by atoms with van der Waals surface area (Å²) in [4.78, 5) is 15.9. The number of anilines is 1. The number of carbonyl (C=O) groups is 1. The molecular weight excluding hydrogens is 214 g/mol. The molecule has 1 aromatic heterocycles. The van der Waals surface area contributed by atoms with Gasteiger partial charge in [0.05, 0.1) is 17.4 Å². The first-order chi connectivity index (χ1) is 8.04. The van der Waals surface area contributed by atoms with E-state index in [9.17, 15) is 4.79 Å². The number of hydrogen-bond donors (Lipinski definition) is 2. The van der Waals surface area contributed by atoms with Crippen LogP contribution in [0.15, 0.2) is 18.3 Å². The number of amides is 1. The molecule has 2 unspecified atom stereocenters. The normalized spacial score (nSPS) is 14.1. The van der Waals surface area contributed by atoms with Gasteiger partial charge in [-0.15, -0.1) is 0 Å². The minimum absolute atomic E-state index is 0.177. The van der Waals surface area contributed by atoms with E-state index in [-0.39, 0.29) is 5.91 Å². The Hall–Kier alpha value is -1.42. The summed E-state index contributed by atoms with van der Waals surface area (Å²) < 4.78 is 0. The second kappa shape index (κ2) is 6.35. The van der Waals surface area contributed by atoms with Crippen molar-refractivity contribution in [2.24, 2.45) is 11.7 Å². The van der Waals surface area contributed by atoms with E-state index in [1.54, 1.807) is 13.1 Å². The Morgan fingerprint density at radius 3 is 2.82 bits per heavy atom. The molecule has 1 rings (SSSR count). The standard InChI is InChI=1S/C13H21N3O/c1-4-9(2)8-12-11(6-5-7-15-12)16-13(17)10(3)14/h5-7,9-10H,4,8,14H2,1-3H3,(H,16,17). The molecule has 1 aromatic rings. The van der Waals surface area contributed by atoms with Crippen LogP contribution in [0.4, 0.5) is 5.69 Å². The van der Waals surface area contributed by atoms with E-state index in [0.29, 0.717) is 5.92 Å². The lowest BCUT2D eigenvalue weighted by atomic mass is 10.0. The first-order valence-corrected chi connectivity index (χ1v) is 6.05. The average molecular weight is 235 g/mol. The molecule has 1 amide bonds. The maximum Gasteiger partial charge on any atom is 0.241 e. The van der Waals surface area contributed by atoms with Gasteiger partial charge in [0.25, 0.3) is 0 Å². The Bertz CT molecular complexity index is 377. The lowest BCUT2D eigenvalue weighted by Crippen LogP contribution is -2.32. The van der Waals surface area contributed by atoms with Crippen molar-refractivity contribution < 1.29 is 4.79 Å². The van der Waals surface area contributed by atoms with Gasteiger partial charge >= 0.3 is 0 Å². The van der Waals surface area contributed by atoms with Crippen LogP contribution in [-0.2, 0) is 11.2 Å². The van der Waals surface area contributed by atoms with Crippen LogP contribution >= 0.6 is 0 Å². The van der Waals surface area contributed by atoms with Crippen LogP contribution in [0.25, 0.3) is 0 Å². The van der Waals surface area contributed by atoms with Gasteiger partial charge in [-0.2, -0.15) is 0 Å². The Morgan fingerprint density at radius 2 is 2.24 bits per heavy atom. The van der Waals surface area contributed by atoms with Crippen molar-refractivity contribution in [2.75, 3.05) is 5.32 Å². The Kier molecular flexibility index (Phi) is 5.10. The first kappa shape index (κ1) is 13.6. The third-order valence-electron chi connectivity index (χ3n) is 2.80. The van der Waals surface area contributed by atoms with Crippen molar-refractivity contribution in [1.29, 1.82) is 0 Å². The minimum Gasteiger partial charge on any atom is -0.323 e. The van der Waals surface area contributed by atoms with Gasteiger partial charge in [-0.3, -0.25) is 9.78 Å². The highest BCUT2D eigenvalue weighted by atomic mass is 16.2. The number of nitrogens with two attached hydrogens (primary N) is 1. The molecule has 0 fully saturated rings. The molecule has 4 nitrogen and oxygen atoms in total. The molecule has 17 heavy (non-hydrogen) atoms. The fourth-order valence-corrected chi connectivity index (χ4v) is 1.44. The summed E-state index contributed by atoms with van der Waals surface area (Å²) in [5.41, 5.74) is 7.23. The molecule has 1 heterocycles. The molecule has 0 saturated carbocycles. The van der Waals surface area contributed by atoms with Crippen molar-refractivity contribution in [1.82, 2.24) is 4.98 Å². The van der Waals surface area contributed by atoms with E-state index < -0.39 is 6.04 Å². The molecule has 0 saturated heterocycles. The highest BCUT2D eigenvalue weighted by molar-refractivity contribution is 5.94. The predicted octanol–water partition coefficient (Wildman–Crippen LogP) is 1.96. The van der Waals surface area contributed by atoms with Crippen LogP contribution < -0.4 is 11.1 Å². The molecular formula is C13H21N3O. The third-order valence-corrected chi connectivity index (χ3v) is 2.80. The lowest BCUT2D eigenvalue weighted by Gasteiger charge is -2.14. The molecule has 2 atom stereocenters. The summed E-state index contributed by atoms with van der Waals surface area (Å²) in [6.07, 6.45) is 3.71. The summed E-state index contributed by atoms with van der Waals surface area (Å²) in [7, 11) is 0. The van der Waals surface area contributed by atoms with Crippen LogP contribution in [0.2, 0.25) is 0 Å². The third kappa shape index (κ3) is 4.15. The second-order valence-corrected chi connectivity index (χ2v) is 4.49. The summed E-state index contributed by atoms with van der Waals surface area (Å²) in [6, 6.07) is 3.17. The highest BCUT2D eigenvalue weighted by Gasteiger charge is 2.12. The number of carbonyl (C=O) groups excluding carboxylic acids is 1. The molecule has 0 bridgehead atoms. The zero-order valence-electron chi connectivity index (χ0n) is 10.7. The maximum absolute atomic E-state index is 11.6. The Morgan fingerprint density at radius 1 is 1.53 bits per heavy atom. The van der Waals surface area contributed by atoms with E-state index in [1.807, 2.05) is 12.1 Å². The molecule has 0 aliphatic rings. The zero-order valence-corrected chi connectivity index (χ0v) is 10.7. The predicted molar refractivity (Wildman–Crippen MR) is 69.7 cm³/mol. The van der Waals surface area contributed by atoms with E-state index in [1.165, 1.54) is 0 Å². The molecule has 94 valence electrons. The first-order valence-electron chi connectivity index (χ1n) is 6.05. The second-order valence-electron chi connectivity index (χ2n) is 4.49. The van der Waals surface area contributed by atoms with Crippen LogP contribution in [0.3, 0.4) is 0 Å². The molecule has 3 N–H and O–H groups in total. The zero-order chi connectivity index (χ0) is 12.8. The van der Waals surface area contributed by atoms with Crippen LogP contribution in [0.5, 0.6) is 0 Å². The number of rotatable bonds is 5. The minimum atomic E-state index is -0.508. The Balaban J connectivity index is 2.81. The topological polar surface area (TPSA) is 68.0 Å². The number of nitrogens with zero attached hydrogens (tertiary/aromatic N) is 1. The van der Waals surface area contributed by atoms with Crippen LogP contribution in [0, 0.1) is 5.92 Å². The number of hydrogen-bond acceptors (Lipinski definition) is 3. The van der Waals surface area contributed by atoms with Gasteiger partial charge in [-0.05, 0) is 31.4 Å².